The van der Waals surface area contributed by atoms with Gasteiger partial charge in [-0.2, -0.15) is 0 Å². The summed E-state index contributed by atoms with van der Waals surface area (Å²) in [5.41, 5.74) is 0. The van der Waals surface area contributed by atoms with Crippen LogP contribution in [0.4, 0.5) is 0 Å². The molecule has 1 atom stereocenters. The molecule has 0 aromatic carbocycles. The lowest BCUT2D eigenvalue weighted by Gasteiger charge is -2.20. The fourth-order valence-electron chi connectivity index (χ4n) is 1.39. The molecule has 1 N–H and O–H groups in total. The van der Waals surface area contributed by atoms with Crippen LogP contribution in [0.1, 0.15) is 27.7 Å². The first-order valence-electron chi connectivity index (χ1n) is 6.12. The third-order valence-electron chi connectivity index (χ3n) is 2.28. The minimum atomic E-state index is -2.94. The lowest BCUT2D eigenvalue weighted by Crippen LogP contribution is -2.40. The van der Waals surface area contributed by atoms with E-state index in [9.17, 15) is 8.42 Å². The second kappa shape index (κ2) is 8.85. The lowest BCUT2D eigenvalue weighted by molar-refractivity contribution is -0.133. The smallest absolute Gasteiger partial charge is 0.169 e. The summed E-state index contributed by atoms with van der Waals surface area (Å²) < 4.78 is 33.5. The Morgan fingerprint density at radius 2 is 1.65 bits per heavy atom. The maximum Gasteiger partial charge on any atom is 0.169 e. The standard InChI is InChI=1S/C11H25NO4S/c1-5-15-11(16-6-2)8-12-10(4)9-17(13,14)7-3/h10-12H,5-9H2,1-4H3. The summed E-state index contributed by atoms with van der Waals surface area (Å²) in [6, 6.07) is -0.0941. The van der Waals surface area contributed by atoms with E-state index >= 15 is 0 Å². The van der Waals surface area contributed by atoms with Crippen LogP contribution >= 0.6 is 0 Å². The van der Waals surface area contributed by atoms with E-state index in [2.05, 4.69) is 5.32 Å². The minimum Gasteiger partial charge on any atom is -0.352 e. The number of ether oxygens (including phenoxy) is 2. The van der Waals surface area contributed by atoms with Crippen LogP contribution in [0.5, 0.6) is 0 Å². The van der Waals surface area contributed by atoms with E-state index in [1.165, 1.54) is 0 Å². The number of sulfone groups is 1. The molecular weight excluding hydrogens is 242 g/mol. The molecular formula is C11H25NO4S. The van der Waals surface area contributed by atoms with Gasteiger partial charge in [-0.15, -0.1) is 0 Å². The van der Waals surface area contributed by atoms with Crippen LogP contribution in [0.2, 0.25) is 0 Å². The van der Waals surface area contributed by atoms with Crippen molar-refractivity contribution < 1.29 is 17.9 Å². The van der Waals surface area contributed by atoms with Gasteiger partial charge in [0.05, 0.1) is 5.75 Å². The molecule has 0 radical (unpaired) electrons. The maximum absolute atomic E-state index is 11.4. The highest BCUT2D eigenvalue weighted by Crippen LogP contribution is 1.97. The van der Waals surface area contributed by atoms with Gasteiger partial charge in [0.25, 0.3) is 0 Å². The summed E-state index contributed by atoms with van der Waals surface area (Å²) >= 11 is 0. The summed E-state index contributed by atoms with van der Waals surface area (Å²) in [5, 5.41) is 3.11. The van der Waals surface area contributed by atoms with E-state index in [1.807, 2.05) is 20.8 Å². The number of rotatable bonds is 10. The molecule has 0 bridgehead atoms. The van der Waals surface area contributed by atoms with E-state index in [-0.39, 0.29) is 23.8 Å². The van der Waals surface area contributed by atoms with E-state index in [1.54, 1.807) is 6.92 Å². The van der Waals surface area contributed by atoms with Crippen molar-refractivity contribution in [2.75, 3.05) is 31.3 Å². The van der Waals surface area contributed by atoms with Crippen molar-refractivity contribution in [1.29, 1.82) is 0 Å². The van der Waals surface area contributed by atoms with Crippen LogP contribution in [0.25, 0.3) is 0 Å². The Hall–Kier alpha value is -0.170. The highest BCUT2D eigenvalue weighted by atomic mass is 32.2. The summed E-state index contributed by atoms with van der Waals surface area (Å²) in [4.78, 5) is 0. The van der Waals surface area contributed by atoms with E-state index in [0.717, 1.165) is 0 Å². The van der Waals surface area contributed by atoms with Crippen LogP contribution in [-0.4, -0.2) is 52.0 Å². The van der Waals surface area contributed by atoms with Gasteiger partial charge in [-0.05, 0) is 20.8 Å². The van der Waals surface area contributed by atoms with Crippen LogP contribution in [0.15, 0.2) is 0 Å². The fourth-order valence-corrected chi connectivity index (χ4v) is 2.51. The zero-order chi connectivity index (χ0) is 13.3. The van der Waals surface area contributed by atoms with E-state index in [0.29, 0.717) is 19.8 Å². The molecule has 0 saturated heterocycles. The molecule has 0 aliphatic heterocycles. The third-order valence-corrected chi connectivity index (χ3v) is 4.17. The molecule has 0 aliphatic carbocycles. The summed E-state index contributed by atoms with van der Waals surface area (Å²) in [6.07, 6.45) is -0.309. The molecule has 0 aromatic heterocycles. The Morgan fingerprint density at radius 1 is 1.12 bits per heavy atom. The first-order valence-corrected chi connectivity index (χ1v) is 7.94. The van der Waals surface area contributed by atoms with Gasteiger partial charge >= 0.3 is 0 Å². The summed E-state index contributed by atoms with van der Waals surface area (Å²) in [6.45, 7) is 8.96. The van der Waals surface area contributed by atoms with Crippen molar-refractivity contribution in [2.45, 2.75) is 40.0 Å². The largest absolute Gasteiger partial charge is 0.352 e. The van der Waals surface area contributed by atoms with Crippen molar-refractivity contribution in [2.24, 2.45) is 0 Å². The van der Waals surface area contributed by atoms with Crippen molar-refractivity contribution >= 4 is 9.84 Å². The molecule has 0 fully saturated rings. The molecule has 104 valence electrons. The zero-order valence-electron chi connectivity index (χ0n) is 11.2. The second-order valence-corrected chi connectivity index (χ2v) is 6.25. The molecule has 0 aromatic rings. The quantitative estimate of drug-likeness (QED) is 0.593. The molecule has 0 rings (SSSR count). The van der Waals surface area contributed by atoms with Crippen molar-refractivity contribution in [3.8, 4) is 0 Å². The average molecular weight is 267 g/mol. The number of hydrogen-bond acceptors (Lipinski definition) is 5. The molecule has 0 aliphatic rings. The molecule has 0 spiro atoms. The third kappa shape index (κ3) is 8.54. The Kier molecular flexibility index (Phi) is 8.77. The Bertz CT molecular complexity index is 273. The lowest BCUT2D eigenvalue weighted by atomic mass is 10.4. The van der Waals surface area contributed by atoms with Crippen molar-refractivity contribution in [3.63, 3.8) is 0 Å². The van der Waals surface area contributed by atoms with Gasteiger partial charge in [0.1, 0.15) is 0 Å². The van der Waals surface area contributed by atoms with Crippen LogP contribution in [0.3, 0.4) is 0 Å². The molecule has 1 unspecified atom stereocenters. The molecule has 0 heterocycles. The Labute approximate surface area is 105 Å². The Morgan fingerprint density at radius 3 is 2.06 bits per heavy atom. The topological polar surface area (TPSA) is 64.6 Å². The normalized spacial score (nSPS) is 14.2. The summed E-state index contributed by atoms with van der Waals surface area (Å²) in [5.74, 6) is 0.327. The van der Waals surface area contributed by atoms with Crippen LogP contribution in [-0.2, 0) is 19.3 Å². The monoisotopic (exact) mass is 267 g/mol. The highest BCUT2D eigenvalue weighted by Gasteiger charge is 2.15. The zero-order valence-corrected chi connectivity index (χ0v) is 12.0. The van der Waals surface area contributed by atoms with Crippen LogP contribution in [0, 0.1) is 0 Å². The summed E-state index contributed by atoms with van der Waals surface area (Å²) in [7, 11) is -2.94. The Balaban J connectivity index is 3.99. The second-order valence-electron chi connectivity index (χ2n) is 3.85. The van der Waals surface area contributed by atoms with E-state index in [4.69, 9.17) is 9.47 Å². The first-order chi connectivity index (χ1) is 7.95. The van der Waals surface area contributed by atoms with Gasteiger partial charge in [-0.25, -0.2) is 8.42 Å². The molecule has 0 amide bonds. The average Bonchev–Trinajstić information content (AvgIpc) is 2.26. The predicted molar refractivity (Wildman–Crippen MR) is 68.8 cm³/mol. The van der Waals surface area contributed by atoms with Gasteiger partial charge < -0.3 is 14.8 Å². The molecule has 0 saturated carbocycles. The fraction of sp³-hybridized carbons (Fsp3) is 1.00. The van der Waals surface area contributed by atoms with Crippen molar-refractivity contribution in [3.05, 3.63) is 0 Å². The van der Waals surface area contributed by atoms with E-state index < -0.39 is 9.84 Å². The van der Waals surface area contributed by atoms with Gasteiger partial charge in [0.2, 0.25) is 0 Å². The molecule has 6 heteroatoms. The molecule has 5 nitrogen and oxygen atoms in total. The predicted octanol–water partition coefficient (Wildman–Crippen LogP) is 0.798. The SMILES string of the molecule is CCOC(CNC(C)CS(=O)(=O)CC)OCC. The maximum atomic E-state index is 11.4. The number of hydrogen-bond donors (Lipinski definition) is 1. The molecule has 17 heavy (non-hydrogen) atoms. The first kappa shape index (κ1) is 16.8. The number of nitrogens with one attached hydrogen (secondary N) is 1. The van der Waals surface area contributed by atoms with Gasteiger partial charge in [-0.1, -0.05) is 6.92 Å². The minimum absolute atomic E-state index is 0.0941. The highest BCUT2D eigenvalue weighted by molar-refractivity contribution is 7.91. The van der Waals surface area contributed by atoms with Crippen molar-refractivity contribution in [1.82, 2.24) is 5.32 Å². The van der Waals surface area contributed by atoms with Crippen LogP contribution < -0.4 is 5.32 Å². The van der Waals surface area contributed by atoms with Gasteiger partial charge in [0, 0.05) is 31.6 Å². The van der Waals surface area contributed by atoms with Gasteiger partial charge in [0.15, 0.2) is 16.1 Å². The van der Waals surface area contributed by atoms with Gasteiger partial charge in [-0.3, -0.25) is 0 Å².